The van der Waals surface area contributed by atoms with Gasteiger partial charge in [-0.2, -0.15) is 0 Å². The van der Waals surface area contributed by atoms with E-state index in [0.717, 1.165) is 24.0 Å². The van der Waals surface area contributed by atoms with Gasteiger partial charge in [-0.3, -0.25) is 9.36 Å². The van der Waals surface area contributed by atoms with Gasteiger partial charge in [-0.15, -0.1) is 0 Å². The Hall–Kier alpha value is -3.18. The first-order valence-electron chi connectivity index (χ1n) is 10.3. The Morgan fingerprint density at radius 1 is 1.03 bits per heavy atom. The second kappa shape index (κ2) is 7.26. The van der Waals surface area contributed by atoms with Gasteiger partial charge in [0.1, 0.15) is 5.82 Å². The van der Waals surface area contributed by atoms with E-state index in [1.165, 1.54) is 41.6 Å². The minimum Gasteiger partial charge on any atom is -0.392 e. The zero-order chi connectivity index (χ0) is 20.8. The van der Waals surface area contributed by atoms with Crippen LogP contribution < -0.4 is 5.56 Å². The Bertz CT molecular complexity index is 1330. The van der Waals surface area contributed by atoms with Gasteiger partial charge in [-0.1, -0.05) is 18.2 Å². The molecular weight excluding hydrogens is 379 g/mol. The Morgan fingerprint density at radius 2 is 1.87 bits per heavy atom. The van der Waals surface area contributed by atoms with E-state index < -0.39 is 5.82 Å². The van der Waals surface area contributed by atoms with Gasteiger partial charge in [-0.25, -0.2) is 4.39 Å². The van der Waals surface area contributed by atoms with E-state index in [-0.39, 0.29) is 12.2 Å². The van der Waals surface area contributed by atoms with E-state index in [9.17, 15) is 9.18 Å². The predicted molar refractivity (Wildman–Crippen MR) is 116 cm³/mol. The van der Waals surface area contributed by atoms with Crippen LogP contribution in [-0.2, 0) is 26.5 Å². The molecule has 0 bridgehead atoms. The molecule has 0 aliphatic heterocycles. The fourth-order valence-corrected chi connectivity index (χ4v) is 4.65. The number of aryl methyl sites for hydroxylation is 2. The Balaban J connectivity index is 1.57. The van der Waals surface area contributed by atoms with Crippen LogP contribution in [0, 0.1) is 5.82 Å². The summed E-state index contributed by atoms with van der Waals surface area (Å²) in [6.45, 7) is -0.218. The first-order chi connectivity index (χ1) is 14.6. The van der Waals surface area contributed by atoms with Gasteiger partial charge in [0, 0.05) is 36.0 Å². The molecule has 30 heavy (non-hydrogen) atoms. The average Bonchev–Trinajstić information content (AvgIpc) is 3.05. The second-order valence-corrected chi connectivity index (χ2v) is 7.99. The fraction of sp³-hybridized carbons (Fsp3) is 0.240. The molecule has 0 saturated heterocycles. The molecule has 0 fully saturated rings. The minimum atomic E-state index is -0.450. The van der Waals surface area contributed by atoms with Crippen LogP contribution in [0.3, 0.4) is 0 Å². The number of nitrogens with zero attached hydrogens (tertiary/aromatic N) is 2. The summed E-state index contributed by atoms with van der Waals surface area (Å²) in [7, 11) is 2.10. The number of aromatic nitrogens is 2. The van der Waals surface area contributed by atoms with Gasteiger partial charge in [0.25, 0.3) is 5.56 Å². The van der Waals surface area contributed by atoms with Crippen LogP contribution in [0.4, 0.5) is 4.39 Å². The zero-order valence-corrected chi connectivity index (χ0v) is 16.9. The van der Waals surface area contributed by atoms with Crippen molar-refractivity contribution in [3.8, 4) is 16.8 Å². The highest BCUT2D eigenvalue weighted by molar-refractivity contribution is 5.87. The third-order valence-corrected chi connectivity index (χ3v) is 6.24. The highest BCUT2D eigenvalue weighted by Crippen LogP contribution is 2.32. The van der Waals surface area contributed by atoms with E-state index in [1.807, 2.05) is 6.07 Å². The molecule has 0 saturated carbocycles. The van der Waals surface area contributed by atoms with E-state index in [0.29, 0.717) is 16.7 Å². The molecule has 2 aromatic heterocycles. The Kier molecular flexibility index (Phi) is 4.55. The standard InChI is InChI=1S/C25H23FN2O2/c1-27-23-5-3-2-4-20(23)21-9-7-18(14-24(21)27)28-11-10-17(13-25(28)30)19-8-6-16(15-29)12-22(19)26/h6-14,29H,2-5,15H2,1H3. The molecule has 0 amide bonds. The molecule has 0 unspecified atom stereocenters. The van der Waals surface area contributed by atoms with Gasteiger partial charge < -0.3 is 9.67 Å². The summed E-state index contributed by atoms with van der Waals surface area (Å²) in [5.74, 6) is -0.450. The molecule has 0 spiro atoms. The molecular formula is C25H23FN2O2. The summed E-state index contributed by atoms with van der Waals surface area (Å²) in [5, 5.41) is 10.4. The summed E-state index contributed by atoms with van der Waals surface area (Å²) in [4.78, 5) is 12.9. The monoisotopic (exact) mass is 402 g/mol. The number of fused-ring (bicyclic) bond motifs is 3. The molecule has 1 aliphatic rings. The van der Waals surface area contributed by atoms with Crippen molar-refractivity contribution >= 4 is 10.9 Å². The molecule has 2 heterocycles. The maximum atomic E-state index is 14.4. The normalized spacial score (nSPS) is 13.6. The lowest BCUT2D eigenvalue weighted by Crippen LogP contribution is -2.16. The van der Waals surface area contributed by atoms with E-state index in [1.54, 1.807) is 29.0 Å². The first-order valence-corrected chi connectivity index (χ1v) is 10.3. The van der Waals surface area contributed by atoms with Gasteiger partial charge in [0.15, 0.2) is 0 Å². The molecule has 1 N–H and O–H groups in total. The van der Waals surface area contributed by atoms with Crippen molar-refractivity contribution in [2.75, 3.05) is 0 Å². The molecule has 0 atom stereocenters. The van der Waals surface area contributed by atoms with Crippen LogP contribution in [0.25, 0.3) is 27.7 Å². The van der Waals surface area contributed by atoms with Crippen LogP contribution in [0.2, 0.25) is 0 Å². The van der Waals surface area contributed by atoms with Gasteiger partial charge in [0.05, 0.1) is 17.8 Å². The van der Waals surface area contributed by atoms with Crippen LogP contribution in [-0.4, -0.2) is 14.2 Å². The topological polar surface area (TPSA) is 47.2 Å². The second-order valence-electron chi connectivity index (χ2n) is 7.99. The van der Waals surface area contributed by atoms with E-state index in [2.05, 4.69) is 23.7 Å². The maximum absolute atomic E-state index is 14.4. The van der Waals surface area contributed by atoms with Gasteiger partial charge >= 0.3 is 0 Å². The van der Waals surface area contributed by atoms with Crippen molar-refractivity contribution in [3.63, 3.8) is 0 Å². The number of pyridine rings is 1. The van der Waals surface area contributed by atoms with Crippen LogP contribution in [0.15, 0.2) is 59.5 Å². The first kappa shape index (κ1) is 18.8. The summed E-state index contributed by atoms with van der Waals surface area (Å²) < 4.78 is 18.2. The largest absolute Gasteiger partial charge is 0.392 e. The summed E-state index contributed by atoms with van der Waals surface area (Å²) in [5.41, 5.74) is 5.94. The smallest absolute Gasteiger partial charge is 0.255 e. The number of benzene rings is 2. The number of rotatable bonds is 3. The quantitative estimate of drug-likeness (QED) is 0.548. The molecule has 2 aromatic carbocycles. The Labute approximate surface area is 173 Å². The molecule has 0 radical (unpaired) electrons. The lowest BCUT2D eigenvalue weighted by molar-refractivity contribution is 0.281. The molecule has 152 valence electrons. The van der Waals surface area contributed by atoms with Crippen LogP contribution in [0.5, 0.6) is 0 Å². The molecule has 5 rings (SSSR count). The van der Waals surface area contributed by atoms with Crippen molar-refractivity contribution in [2.24, 2.45) is 7.05 Å². The number of hydrogen-bond acceptors (Lipinski definition) is 2. The number of halogens is 1. The van der Waals surface area contributed by atoms with Crippen molar-refractivity contribution in [1.29, 1.82) is 0 Å². The number of aliphatic hydroxyl groups is 1. The highest BCUT2D eigenvalue weighted by atomic mass is 19.1. The minimum absolute atomic E-state index is 0.212. The number of hydrogen-bond donors (Lipinski definition) is 1. The summed E-state index contributed by atoms with van der Waals surface area (Å²) in [6.07, 6.45) is 6.36. The molecule has 4 nitrogen and oxygen atoms in total. The number of aliphatic hydroxyl groups excluding tert-OH is 1. The van der Waals surface area contributed by atoms with Gasteiger partial charge in [0.2, 0.25) is 0 Å². The van der Waals surface area contributed by atoms with Crippen molar-refractivity contribution in [1.82, 2.24) is 9.13 Å². The van der Waals surface area contributed by atoms with Crippen molar-refractivity contribution in [2.45, 2.75) is 32.3 Å². The predicted octanol–water partition coefficient (Wildman–Crippen LogP) is 4.51. The third kappa shape index (κ3) is 2.97. The third-order valence-electron chi connectivity index (χ3n) is 6.24. The van der Waals surface area contributed by atoms with E-state index in [4.69, 9.17) is 5.11 Å². The highest BCUT2D eigenvalue weighted by Gasteiger charge is 2.18. The maximum Gasteiger partial charge on any atom is 0.255 e. The van der Waals surface area contributed by atoms with Crippen LogP contribution in [0.1, 0.15) is 29.7 Å². The fourth-order valence-electron chi connectivity index (χ4n) is 4.65. The zero-order valence-electron chi connectivity index (χ0n) is 16.9. The molecule has 5 heteroatoms. The molecule has 1 aliphatic carbocycles. The van der Waals surface area contributed by atoms with Crippen molar-refractivity contribution in [3.05, 3.63) is 87.7 Å². The average molecular weight is 402 g/mol. The van der Waals surface area contributed by atoms with Gasteiger partial charge in [-0.05, 0) is 66.6 Å². The lowest BCUT2D eigenvalue weighted by Gasteiger charge is -2.12. The van der Waals surface area contributed by atoms with E-state index >= 15 is 0 Å². The SMILES string of the molecule is Cn1c2c(c3ccc(-n4ccc(-c5ccc(CO)cc5F)cc4=O)cc31)CCCC2. The van der Waals surface area contributed by atoms with Crippen molar-refractivity contribution < 1.29 is 9.50 Å². The summed E-state index contributed by atoms with van der Waals surface area (Å²) >= 11 is 0. The summed E-state index contributed by atoms with van der Waals surface area (Å²) in [6, 6.07) is 13.9. The van der Waals surface area contributed by atoms with Crippen LogP contribution >= 0.6 is 0 Å². The Morgan fingerprint density at radius 3 is 2.63 bits per heavy atom. The lowest BCUT2D eigenvalue weighted by atomic mass is 9.95. The molecule has 4 aromatic rings.